The van der Waals surface area contributed by atoms with E-state index in [2.05, 4.69) is 30.4 Å². The van der Waals surface area contributed by atoms with Crippen LogP contribution < -0.4 is 11.1 Å². The Labute approximate surface area is 111 Å². The van der Waals surface area contributed by atoms with Gasteiger partial charge in [-0.1, -0.05) is 18.2 Å². The zero-order valence-corrected chi connectivity index (χ0v) is 11.7. The van der Waals surface area contributed by atoms with Crippen LogP contribution in [0, 0.1) is 0 Å². The molecule has 100 valence electrons. The van der Waals surface area contributed by atoms with Crippen LogP contribution in [0.2, 0.25) is 0 Å². The fourth-order valence-electron chi connectivity index (χ4n) is 2.88. The van der Waals surface area contributed by atoms with Gasteiger partial charge < -0.3 is 11.1 Å². The maximum absolute atomic E-state index is 5.86. The number of nitrogens with two attached hydrogens (primary N) is 1. The van der Waals surface area contributed by atoms with Crippen LogP contribution in [-0.2, 0) is 12.8 Å². The number of hydrogen-bond donors (Lipinski definition) is 2. The quantitative estimate of drug-likeness (QED) is 0.838. The molecule has 1 aromatic rings. The van der Waals surface area contributed by atoms with E-state index in [1.165, 1.54) is 31.2 Å². The molecule has 2 atom stereocenters. The van der Waals surface area contributed by atoms with Crippen molar-refractivity contribution in [3.8, 4) is 0 Å². The predicted octanol–water partition coefficient (Wildman–Crippen LogP) is 2.95. The summed E-state index contributed by atoms with van der Waals surface area (Å²) in [6.07, 6.45) is 7.41. The smallest absolute Gasteiger partial charge is 0.0318 e. The van der Waals surface area contributed by atoms with Crippen LogP contribution in [0.15, 0.2) is 18.2 Å². The largest absolute Gasteiger partial charge is 0.328 e. The Morgan fingerprint density at radius 3 is 2.56 bits per heavy atom. The molecule has 2 rings (SSSR count). The van der Waals surface area contributed by atoms with E-state index in [4.69, 9.17) is 5.73 Å². The number of fused-ring (bicyclic) bond motifs is 1. The van der Waals surface area contributed by atoms with E-state index in [-0.39, 0.29) is 0 Å². The van der Waals surface area contributed by atoms with Gasteiger partial charge in [-0.25, -0.2) is 0 Å². The summed E-state index contributed by atoms with van der Waals surface area (Å²) in [5, 5.41) is 3.42. The molecule has 2 heteroatoms. The topological polar surface area (TPSA) is 38.0 Å². The Kier molecular flexibility index (Phi) is 4.79. The van der Waals surface area contributed by atoms with Gasteiger partial charge >= 0.3 is 0 Å². The van der Waals surface area contributed by atoms with E-state index in [9.17, 15) is 0 Å². The van der Waals surface area contributed by atoms with Gasteiger partial charge in [0.25, 0.3) is 0 Å². The molecule has 0 radical (unpaired) electrons. The monoisotopic (exact) mass is 246 g/mol. The highest BCUT2D eigenvalue weighted by Gasteiger charge is 2.14. The average Bonchev–Trinajstić information content (AvgIpc) is 2.39. The van der Waals surface area contributed by atoms with Crippen molar-refractivity contribution in [1.82, 2.24) is 5.32 Å². The first-order valence-corrected chi connectivity index (χ1v) is 7.25. The van der Waals surface area contributed by atoms with Crippen LogP contribution in [0.3, 0.4) is 0 Å². The molecule has 0 spiro atoms. The average molecular weight is 246 g/mol. The Bertz CT molecular complexity index is 385. The first-order chi connectivity index (χ1) is 8.70. The van der Waals surface area contributed by atoms with E-state index in [0.717, 1.165) is 12.8 Å². The SMILES string of the molecule is CNC(CCC(C)N)c1ccc2c(c1)CCCC2. The van der Waals surface area contributed by atoms with Gasteiger partial charge in [0.2, 0.25) is 0 Å². The molecular weight excluding hydrogens is 220 g/mol. The number of hydrogen-bond acceptors (Lipinski definition) is 2. The molecule has 2 unspecified atom stereocenters. The second-order valence-electron chi connectivity index (χ2n) is 5.63. The highest BCUT2D eigenvalue weighted by molar-refractivity contribution is 5.35. The van der Waals surface area contributed by atoms with Crippen LogP contribution in [0.5, 0.6) is 0 Å². The van der Waals surface area contributed by atoms with Gasteiger partial charge in [-0.15, -0.1) is 0 Å². The lowest BCUT2D eigenvalue weighted by molar-refractivity contribution is 0.495. The zero-order chi connectivity index (χ0) is 13.0. The Morgan fingerprint density at radius 1 is 1.17 bits per heavy atom. The van der Waals surface area contributed by atoms with Gasteiger partial charge in [-0.2, -0.15) is 0 Å². The maximum Gasteiger partial charge on any atom is 0.0318 e. The molecule has 0 aromatic heterocycles. The van der Waals surface area contributed by atoms with E-state index in [1.54, 1.807) is 11.1 Å². The molecule has 1 aromatic carbocycles. The Hall–Kier alpha value is -0.860. The molecule has 0 amide bonds. The van der Waals surface area contributed by atoms with E-state index >= 15 is 0 Å². The van der Waals surface area contributed by atoms with Crippen LogP contribution in [0.4, 0.5) is 0 Å². The van der Waals surface area contributed by atoms with Gasteiger partial charge in [0.05, 0.1) is 0 Å². The summed E-state index contributed by atoms with van der Waals surface area (Å²) in [7, 11) is 2.05. The minimum atomic E-state index is 0.290. The standard InChI is InChI=1S/C16H26N2/c1-12(17)7-10-16(18-2)15-9-8-13-5-3-4-6-14(13)11-15/h8-9,11-12,16,18H,3-7,10,17H2,1-2H3. The highest BCUT2D eigenvalue weighted by atomic mass is 14.9. The molecule has 1 aliphatic carbocycles. The lowest BCUT2D eigenvalue weighted by Gasteiger charge is -2.22. The maximum atomic E-state index is 5.86. The summed E-state index contributed by atoms with van der Waals surface area (Å²) in [5.41, 5.74) is 10.4. The van der Waals surface area contributed by atoms with Gasteiger partial charge in [-0.05, 0) is 69.2 Å². The van der Waals surface area contributed by atoms with Crippen molar-refractivity contribution in [3.05, 3.63) is 34.9 Å². The summed E-state index contributed by atoms with van der Waals surface area (Å²) in [6.45, 7) is 2.08. The van der Waals surface area contributed by atoms with Crippen molar-refractivity contribution in [2.75, 3.05) is 7.05 Å². The Morgan fingerprint density at radius 2 is 1.89 bits per heavy atom. The first kappa shape index (κ1) is 13.6. The molecule has 0 saturated heterocycles. The van der Waals surface area contributed by atoms with E-state index in [1.807, 2.05) is 7.05 Å². The van der Waals surface area contributed by atoms with E-state index < -0.39 is 0 Å². The molecule has 0 heterocycles. The fraction of sp³-hybridized carbons (Fsp3) is 0.625. The van der Waals surface area contributed by atoms with E-state index in [0.29, 0.717) is 12.1 Å². The third kappa shape index (κ3) is 3.33. The van der Waals surface area contributed by atoms with Crippen molar-refractivity contribution in [2.45, 2.75) is 57.5 Å². The number of aryl methyl sites for hydroxylation is 2. The van der Waals surface area contributed by atoms with Crippen molar-refractivity contribution in [3.63, 3.8) is 0 Å². The second-order valence-corrected chi connectivity index (χ2v) is 5.63. The summed E-state index contributed by atoms with van der Waals surface area (Å²) in [5.74, 6) is 0. The normalized spacial score (nSPS) is 18.2. The molecule has 0 fully saturated rings. The summed E-state index contributed by atoms with van der Waals surface area (Å²) >= 11 is 0. The van der Waals surface area contributed by atoms with Gasteiger partial charge in [0, 0.05) is 12.1 Å². The van der Waals surface area contributed by atoms with Crippen LogP contribution in [0.25, 0.3) is 0 Å². The van der Waals surface area contributed by atoms with Crippen LogP contribution in [0.1, 0.15) is 55.3 Å². The molecule has 1 aliphatic rings. The molecule has 0 bridgehead atoms. The molecule has 18 heavy (non-hydrogen) atoms. The lowest BCUT2D eigenvalue weighted by atomic mass is 9.88. The van der Waals surface area contributed by atoms with Crippen molar-refractivity contribution >= 4 is 0 Å². The minimum absolute atomic E-state index is 0.290. The van der Waals surface area contributed by atoms with Crippen LogP contribution in [-0.4, -0.2) is 13.1 Å². The summed E-state index contributed by atoms with van der Waals surface area (Å²) < 4.78 is 0. The number of rotatable bonds is 5. The first-order valence-electron chi connectivity index (χ1n) is 7.25. The van der Waals surface area contributed by atoms with Gasteiger partial charge in [-0.3, -0.25) is 0 Å². The molecule has 3 N–H and O–H groups in total. The van der Waals surface area contributed by atoms with Gasteiger partial charge in [0.1, 0.15) is 0 Å². The molecule has 0 aliphatic heterocycles. The summed E-state index contributed by atoms with van der Waals surface area (Å²) in [4.78, 5) is 0. The third-order valence-corrected chi connectivity index (χ3v) is 4.03. The van der Waals surface area contributed by atoms with Crippen molar-refractivity contribution in [1.29, 1.82) is 0 Å². The molecular formula is C16H26N2. The zero-order valence-electron chi connectivity index (χ0n) is 11.7. The van der Waals surface area contributed by atoms with Crippen LogP contribution >= 0.6 is 0 Å². The Balaban J connectivity index is 2.10. The van der Waals surface area contributed by atoms with Crippen molar-refractivity contribution < 1.29 is 0 Å². The van der Waals surface area contributed by atoms with Crippen molar-refractivity contribution in [2.24, 2.45) is 5.73 Å². The predicted molar refractivity (Wildman–Crippen MR) is 77.8 cm³/mol. The molecule has 0 saturated carbocycles. The molecule has 2 nitrogen and oxygen atoms in total. The van der Waals surface area contributed by atoms with Gasteiger partial charge in [0.15, 0.2) is 0 Å². The third-order valence-electron chi connectivity index (χ3n) is 4.03. The lowest BCUT2D eigenvalue weighted by Crippen LogP contribution is -2.21. The number of nitrogens with one attached hydrogen (secondary N) is 1. The summed E-state index contributed by atoms with van der Waals surface area (Å²) in [6, 6.07) is 7.78. The fourth-order valence-corrected chi connectivity index (χ4v) is 2.88. The highest BCUT2D eigenvalue weighted by Crippen LogP contribution is 2.26. The number of benzene rings is 1. The second kappa shape index (κ2) is 6.35. The minimum Gasteiger partial charge on any atom is -0.328 e.